The van der Waals surface area contributed by atoms with Crippen LogP contribution in [-0.4, -0.2) is 20.9 Å². The van der Waals surface area contributed by atoms with Gasteiger partial charge in [-0.05, 0) is 63.2 Å². The fourth-order valence-corrected chi connectivity index (χ4v) is 9.23. The van der Waals surface area contributed by atoms with Crippen LogP contribution in [0.25, 0.3) is 82.7 Å². The highest BCUT2D eigenvalue weighted by Gasteiger charge is 2.26. The Morgan fingerprint density at radius 1 is 0.355 bits per heavy atom. The Morgan fingerprint density at radius 2 is 0.806 bits per heavy atom. The van der Waals surface area contributed by atoms with Crippen LogP contribution in [0.4, 0.5) is 0 Å². The number of nitrogens with one attached hydrogen (secondary N) is 1. The van der Waals surface area contributed by atoms with Crippen molar-refractivity contribution < 1.29 is 0 Å². The molecule has 62 heavy (non-hydrogen) atoms. The van der Waals surface area contributed by atoms with Crippen molar-refractivity contribution in [1.82, 2.24) is 14.5 Å². The van der Waals surface area contributed by atoms with Gasteiger partial charge in [0.15, 0.2) is 0 Å². The van der Waals surface area contributed by atoms with E-state index in [4.69, 9.17) is 9.98 Å². The minimum Gasteiger partial charge on any atom is -0.344 e. The number of rotatable bonds is 6. The van der Waals surface area contributed by atoms with E-state index in [1.54, 1.807) is 0 Å². The third kappa shape index (κ3) is 6.02. The van der Waals surface area contributed by atoms with Crippen LogP contribution >= 0.6 is 0 Å². The van der Waals surface area contributed by atoms with Crippen LogP contribution < -0.4 is 5.32 Å². The van der Waals surface area contributed by atoms with Gasteiger partial charge in [0.2, 0.25) is 5.96 Å². The van der Waals surface area contributed by atoms with Gasteiger partial charge in [-0.15, -0.1) is 0 Å². The molecule has 0 saturated carbocycles. The molecule has 0 spiro atoms. The van der Waals surface area contributed by atoms with E-state index in [0.29, 0.717) is 5.96 Å². The van der Waals surface area contributed by atoms with Crippen LogP contribution in [0.3, 0.4) is 0 Å². The largest absolute Gasteiger partial charge is 0.344 e. The van der Waals surface area contributed by atoms with Crippen molar-refractivity contribution in [2.45, 2.75) is 6.17 Å². The van der Waals surface area contributed by atoms with Crippen LogP contribution in [0.2, 0.25) is 0 Å². The zero-order valence-electron chi connectivity index (χ0n) is 33.7. The quantitative estimate of drug-likeness (QED) is 0.179. The average molecular weight is 794 g/mol. The van der Waals surface area contributed by atoms with Crippen molar-refractivity contribution in [3.63, 3.8) is 0 Å². The molecule has 1 aliphatic heterocycles. The zero-order valence-corrected chi connectivity index (χ0v) is 33.7. The van der Waals surface area contributed by atoms with Crippen molar-refractivity contribution in [3.8, 4) is 39.1 Å². The molecule has 3 heterocycles. The molecule has 0 bridgehead atoms. The molecule has 0 fully saturated rings. The Bertz CT molecular complexity index is 3510. The normalized spacial score (nSPS) is 14.0. The van der Waals surface area contributed by atoms with E-state index >= 15 is 0 Å². The maximum absolute atomic E-state index is 5.46. The summed E-state index contributed by atoms with van der Waals surface area (Å²) in [7, 11) is 0. The van der Waals surface area contributed by atoms with E-state index in [9.17, 15) is 0 Å². The Morgan fingerprint density at radius 3 is 1.40 bits per heavy atom. The predicted molar refractivity (Wildman–Crippen MR) is 258 cm³/mol. The first-order valence-corrected chi connectivity index (χ1v) is 21.1. The molecular weight excluding hydrogens is 755 g/mol. The number of fused-ring (bicyclic) bond motifs is 7. The molecule has 1 unspecified atom stereocenters. The first-order chi connectivity index (χ1) is 30.7. The van der Waals surface area contributed by atoms with Crippen LogP contribution in [0.15, 0.2) is 234 Å². The van der Waals surface area contributed by atoms with Crippen molar-refractivity contribution in [3.05, 3.63) is 236 Å². The summed E-state index contributed by atoms with van der Waals surface area (Å²) in [6, 6.07) is 79.9. The smallest absolute Gasteiger partial charge is 0.234 e. The molecule has 11 aromatic rings. The number of para-hydroxylation sites is 2. The van der Waals surface area contributed by atoms with Crippen molar-refractivity contribution in [2.75, 3.05) is 0 Å². The molecule has 0 radical (unpaired) electrons. The summed E-state index contributed by atoms with van der Waals surface area (Å²) in [6.45, 7) is 0. The highest BCUT2D eigenvalue weighted by atomic mass is 15.3. The van der Waals surface area contributed by atoms with Crippen LogP contribution in [0.1, 0.15) is 17.3 Å². The van der Waals surface area contributed by atoms with Gasteiger partial charge < -0.3 is 9.88 Å². The van der Waals surface area contributed by atoms with Crippen molar-refractivity contribution in [1.29, 1.82) is 0 Å². The topological polar surface area (TPSA) is 46.6 Å². The fraction of sp³-hybridized carbons (Fsp3) is 0.0175. The minimum atomic E-state index is -0.368. The summed E-state index contributed by atoms with van der Waals surface area (Å²) in [5.74, 6) is 1.39. The highest BCUT2D eigenvalue weighted by Crippen LogP contribution is 2.41. The molecule has 2 aromatic heterocycles. The standard InChI is InChI=1S/C57H39N5/c1-4-15-38(16-5-1)40-27-29-41(30-28-40)42-31-33-44(34-32-42)56-58-55(43-19-8-3-9-20-43)59-57(60-56)62-52-26-13-11-24-48(52)50-36-35-49-47-23-10-12-25-51(47)61(53(49)54(50)62)46-22-14-21-45(37-46)39-17-6-2-7-18-39/h1-37,55H,(H,58,59,60). The fourth-order valence-electron chi connectivity index (χ4n) is 9.23. The van der Waals surface area contributed by atoms with Gasteiger partial charge in [0.05, 0.1) is 22.1 Å². The van der Waals surface area contributed by atoms with Crippen LogP contribution in [0, 0.1) is 0 Å². The molecule has 5 nitrogen and oxygen atoms in total. The van der Waals surface area contributed by atoms with Crippen LogP contribution in [0.5, 0.6) is 0 Å². The molecule has 9 aromatic carbocycles. The lowest BCUT2D eigenvalue weighted by Gasteiger charge is -2.24. The summed E-state index contributed by atoms with van der Waals surface area (Å²) < 4.78 is 4.73. The molecule has 12 rings (SSSR count). The molecule has 1 atom stereocenters. The first kappa shape index (κ1) is 35.6. The van der Waals surface area contributed by atoms with Crippen molar-refractivity contribution in [2.24, 2.45) is 9.98 Å². The number of nitrogens with zero attached hydrogens (tertiary/aromatic N) is 4. The van der Waals surface area contributed by atoms with E-state index in [0.717, 1.165) is 66.6 Å². The lowest BCUT2D eigenvalue weighted by Crippen LogP contribution is -2.35. The number of hydrogen-bond acceptors (Lipinski definition) is 3. The third-order valence-electron chi connectivity index (χ3n) is 12.2. The second-order valence-corrected chi connectivity index (χ2v) is 15.8. The molecule has 0 saturated heterocycles. The summed E-state index contributed by atoms with van der Waals surface area (Å²) in [5, 5.41) is 8.38. The second kappa shape index (κ2) is 14.8. The third-order valence-corrected chi connectivity index (χ3v) is 12.2. The van der Waals surface area contributed by atoms with Gasteiger partial charge >= 0.3 is 0 Å². The van der Waals surface area contributed by atoms with Gasteiger partial charge in [0.25, 0.3) is 0 Å². The minimum absolute atomic E-state index is 0.368. The lowest BCUT2D eigenvalue weighted by atomic mass is 9.99. The molecule has 5 heteroatoms. The number of hydrogen-bond donors (Lipinski definition) is 1. The molecule has 0 amide bonds. The Hall–Kier alpha value is -8.28. The Balaban J connectivity index is 1.06. The Kier molecular flexibility index (Phi) is 8.49. The van der Waals surface area contributed by atoms with E-state index < -0.39 is 0 Å². The second-order valence-electron chi connectivity index (χ2n) is 15.8. The first-order valence-electron chi connectivity index (χ1n) is 21.1. The monoisotopic (exact) mass is 793 g/mol. The summed E-state index contributed by atoms with van der Waals surface area (Å²) in [6.07, 6.45) is -0.368. The molecule has 1 aliphatic rings. The highest BCUT2D eigenvalue weighted by molar-refractivity contribution is 6.26. The Labute approximate surface area is 359 Å². The number of aromatic nitrogens is 2. The van der Waals surface area contributed by atoms with Crippen LogP contribution in [-0.2, 0) is 0 Å². The molecule has 1 N–H and O–H groups in total. The van der Waals surface area contributed by atoms with Gasteiger partial charge in [-0.25, -0.2) is 4.99 Å². The van der Waals surface area contributed by atoms with E-state index in [-0.39, 0.29) is 6.17 Å². The number of amidine groups is 1. The predicted octanol–water partition coefficient (Wildman–Crippen LogP) is 13.8. The van der Waals surface area contributed by atoms with E-state index in [1.807, 2.05) is 6.07 Å². The number of aliphatic imine (C=N–C) groups is 2. The average Bonchev–Trinajstić information content (AvgIpc) is 3.88. The lowest BCUT2D eigenvalue weighted by molar-refractivity contribution is 0.668. The maximum atomic E-state index is 5.46. The number of benzene rings is 9. The van der Waals surface area contributed by atoms with Gasteiger partial charge in [-0.3, -0.25) is 4.57 Å². The maximum Gasteiger partial charge on any atom is 0.234 e. The summed E-state index contributed by atoms with van der Waals surface area (Å²) >= 11 is 0. The molecule has 0 aliphatic carbocycles. The SMILES string of the molecule is c1ccc(-c2ccc(-c3ccc(C4=NC(n5c6ccccc6c6ccc7c8ccccc8n(-c8cccc(-c9ccccc9)c8)c7c65)=NC(c5ccccc5)N4)cc3)cc2)cc1. The van der Waals surface area contributed by atoms with Gasteiger partial charge in [0.1, 0.15) is 12.0 Å². The van der Waals surface area contributed by atoms with E-state index in [1.165, 1.54) is 33.0 Å². The van der Waals surface area contributed by atoms with Gasteiger partial charge in [-0.2, -0.15) is 4.99 Å². The van der Waals surface area contributed by atoms with Crippen molar-refractivity contribution >= 4 is 55.4 Å². The zero-order chi connectivity index (χ0) is 41.0. The molecule has 292 valence electrons. The summed E-state index contributed by atoms with van der Waals surface area (Å²) in [4.78, 5) is 10.9. The van der Waals surface area contributed by atoms with E-state index in [2.05, 4.69) is 233 Å². The van der Waals surface area contributed by atoms with Gasteiger partial charge in [-0.1, -0.05) is 200 Å². The molecular formula is C57H39N5. The van der Waals surface area contributed by atoms with Gasteiger partial charge in [0, 0.05) is 32.8 Å². The summed E-state index contributed by atoms with van der Waals surface area (Å²) in [5.41, 5.74) is 14.6.